The van der Waals surface area contributed by atoms with E-state index in [-0.39, 0.29) is 103 Å². The fraction of sp³-hybridized carbons (Fsp3) is 0.600. The molecule has 0 radical (unpaired) electrons. The smallest absolute Gasteiger partial charge is 0.409 e. The van der Waals surface area contributed by atoms with Gasteiger partial charge in [-0.3, -0.25) is 19.2 Å². The van der Waals surface area contributed by atoms with Gasteiger partial charge in [-0.25, -0.2) is 21.3 Å². The monoisotopic (exact) mass is 1080 g/mol. The highest BCUT2D eigenvalue weighted by atomic mass is 16.6. The largest absolute Gasteiger partial charge is 0.437 e. The first-order valence-electron chi connectivity index (χ1n) is 27.5. The second-order valence-corrected chi connectivity index (χ2v) is 28.0. The fourth-order valence-electron chi connectivity index (χ4n) is 14.3. The molecule has 0 saturated carbocycles. The van der Waals surface area contributed by atoms with Crippen LogP contribution in [-0.4, -0.2) is 124 Å². The highest BCUT2D eigenvalue weighted by Crippen LogP contribution is 2.41. The highest BCUT2D eigenvalue weighted by Gasteiger charge is 2.50. The number of amides is 6. The SMILES string of the molecule is CC1(C)CC(N(C(=O)c2cccc(C(=O)N(N)C(=O)Oc3ccc(OC(=O)N(N)C(=O)c4cccc(C(=O)N(C5CC(C)(C)NC(C)(C)C5)C5CC(C)(C)NC(C)(C)C5)c4)cc3)c2)C2CC(C)(C)NC(C)(C)C2)CC(C)(C)N1. The van der Waals surface area contributed by atoms with E-state index >= 15 is 0 Å². The number of hydrazine groups is 2. The van der Waals surface area contributed by atoms with Gasteiger partial charge in [0.25, 0.3) is 23.6 Å². The van der Waals surface area contributed by atoms with E-state index in [1.54, 1.807) is 24.3 Å². The molecule has 4 saturated heterocycles. The van der Waals surface area contributed by atoms with Crippen molar-refractivity contribution < 1.29 is 38.2 Å². The summed E-state index contributed by atoms with van der Waals surface area (Å²) in [6.07, 6.45) is 3.42. The van der Waals surface area contributed by atoms with Crippen molar-refractivity contribution in [2.75, 3.05) is 0 Å². The number of hydrogen-bond donors (Lipinski definition) is 6. The molecule has 426 valence electrons. The molecular formula is C60H88N10O8. The molecular weight excluding hydrogens is 989 g/mol. The summed E-state index contributed by atoms with van der Waals surface area (Å²) in [5, 5.41) is 15.6. The van der Waals surface area contributed by atoms with E-state index in [0.717, 1.165) is 51.4 Å². The molecule has 0 spiro atoms. The summed E-state index contributed by atoms with van der Waals surface area (Å²) in [6, 6.07) is 17.3. The molecule has 0 aliphatic carbocycles. The average molecular weight is 1080 g/mol. The number of imide groups is 2. The third-order valence-electron chi connectivity index (χ3n) is 15.5. The maximum atomic E-state index is 14.9. The molecule has 0 bridgehead atoms. The van der Waals surface area contributed by atoms with Crippen LogP contribution in [0.3, 0.4) is 0 Å². The summed E-state index contributed by atoms with van der Waals surface area (Å²) in [4.78, 5) is 88.2. The Morgan fingerprint density at radius 3 is 0.795 bits per heavy atom. The number of nitrogens with one attached hydrogen (secondary N) is 4. The van der Waals surface area contributed by atoms with Crippen LogP contribution in [0.1, 0.15) is 204 Å². The first-order valence-corrected chi connectivity index (χ1v) is 27.5. The van der Waals surface area contributed by atoms with Gasteiger partial charge in [0.1, 0.15) is 11.5 Å². The zero-order valence-electron chi connectivity index (χ0n) is 49.1. The summed E-state index contributed by atoms with van der Waals surface area (Å²) >= 11 is 0. The molecule has 8 N–H and O–H groups in total. The van der Waals surface area contributed by atoms with E-state index in [2.05, 4.69) is 132 Å². The first-order chi connectivity index (χ1) is 35.7. The lowest BCUT2D eigenvalue weighted by Gasteiger charge is -2.55. The lowest BCUT2D eigenvalue weighted by molar-refractivity contribution is 0.00228. The van der Waals surface area contributed by atoms with Gasteiger partial charge in [-0.1, -0.05) is 12.1 Å². The molecule has 6 amide bonds. The van der Waals surface area contributed by atoms with Crippen molar-refractivity contribution in [3.63, 3.8) is 0 Å². The number of carbonyl (C=O) groups is 6. The second-order valence-electron chi connectivity index (χ2n) is 28.0. The molecule has 3 aromatic rings. The minimum atomic E-state index is -1.21. The molecule has 0 atom stereocenters. The first kappa shape index (κ1) is 59.9. The van der Waals surface area contributed by atoms with Gasteiger partial charge in [-0.2, -0.15) is 10.0 Å². The van der Waals surface area contributed by atoms with E-state index in [0.29, 0.717) is 21.1 Å². The van der Waals surface area contributed by atoms with Crippen molar-refractivity contribution in [2.45, 2.75) is 231 Å². The van der Waals surface area contributed by atoms with Gasteiger partial charge in [-0.05, 0) is 223 Å². The van der Waals surface area contributed by atoms with Crippen LogP contribution in [-0.2, 0) is 0 Å². The summed E-state index contributed by atoms with van der Waals surface area (Å²) in [7, 11) is 0. The van der Waals surface area contributed by atoms with Crippen LogP contribution >= 0.6 is 0 Å². The minimum absolute atomic E-state index is 0.0107. The van der Waals surface area contributed by atoms with Gasteiger partial charge in [-0.15, -0.1) is 0 Å². The van der Waals surface area contributed by atoms with Crippen molar-refractivity contribution in [2.24, 2.45) is 11.7 Å². The quantitative estimate of drug-likeness (QED) is 0.0633. The predicted molar refractivity (Wildman–Crippen MR) is 302 cm³/mol. The average Bonchev–Trinajstić information content (AvgIpc) is 3.31. The number of benzene rings is 3. The Kier molecular flexibility index (Phi) is 16.4. The van der Waals surface area contributed by atoms with Crippen LogP contribution in [0.5, 0.6) is 11.5 Å². The van der Waals surface area contributed by atoms with Gasteiger partial charge >= 0.3 is 12.2 Å². The third-order valence-corrected chi connectivity index (χ3v) is 15.5. The Morgan fingerprint density at radius 2 is 0.577 bits per heavy atom. The van der Waals surface area contributed by atoms with Crippen molar-refractivity contribution in [1.29, 1.82) is 0 Å². The van der Waals surface area contributed by atoms with Crippen LogP contribution in [0.25, 0.3) is 0 Å². The maximum Gasteiger partial charge on any atom is 0.437 e. The lowest BCUT2D eigenvalue weighted by atomic mass is 9.75. The van der Waals surface area contributed by atoms with Crippen LogP contribution < -0.4 is 42.4 Å². The molecule has 0 aromatic heterocycles. The maximum absolute atomic E-state index is 14.9. The number of nitrogens with zero attached hydrogens (tertiary/aromatic N) is 4. The minimum Gasteiger partial charge on any atom is -0.409 e. The van der Waals surface area contributed by atoms with E-state index < -0.39 is 24.0 Å². The molecule has 4 aliphatic heterocycles. The normalized spacial score (nSPS) is 22.3. The topological polar surface area (TPSA) is 234 Å². The Bertz CT molecular complexity index is 2460. The Hall–Kier alpha value is -5.76. The number of ether oxygens (including phenoxy) is 2. The number of rotatable bonds is 10. The van der Waals surface area contributed by atoms with Crippen LogP contribution in [0.4, 0.5) is 9.59 Å². The molecule has 4 heterocycles. The molecule has 4 fully saturated rings. The number of carbonyl (C=O) groups excluding carboxylic acids is 6. The van der Waals surface area contributed by atoms with Gasteiger partial charge in [0.2, 0.25) is 0 Å². The Labute approximate surface area is 462 Å². The second kappa shape index (κ2) is 21.4. The standard InChI is InChI=1S/C60H88N10O8/c1-53(2)29-41(30-54(3,4)63-53)67(42-31-55(5,6)64-56(7,8)32-42)47(71)37-19-17-21-39(27-37)49(73)69(61)51(75)77-45-23-25-46(26-24-45)78-52(76)70(62)50(74)40-22-18-20-38(28-40)48(72)68(43-33-57(9,10)65-58(11,12)34-43)44-35-59(13,14)66-60(15,16)36-44/h17-28,41-44,63-66H,29-36,61-62H2,1-16H3. The van der Waals surface area contributed by atoms with E-state index in [9.17, 15) is 28.8 Å². The van der Waals surface area contributed by atoms with Crippen LogP contribution in [0.2, 0.25) is 0 Å². The molecule has 7 rings (SSSR count). The summed E-state index contributed by atoms with van der Waals surface area (Å²) < 4.78 is 10.9. The van der Waals surface area contributed by atoms with Gasteiger partial charge < -0.3 is 40.5 Å². The predicted octanol–water partition coefficient (Wildman–Crippen LogP) is 8.84. The van der Waals surface area contributed by atoms with E-state index in [1.807, 2.05) is 9.80 Å². The molecule has 4 aliphatic rings. The van der Waals surface area contributed by atoms with Gasteiger partial charge in [0.05, 0.1) is 0 Å². The number of piperidine rings is 4. The van der Waals surface area contributed by atoms with Gasteiger partial charge in [0.15, 0.2) is 0 Å². The van der Waals surface area contributed by atoms with Gasteiger partial charge in [0, 0.05) is 90.7 Å². The Morgan fingerprint density at radius 1 is 0.372 bits per heavy atom. The lowest BCUT2D eigenvalue weighted by Crippen LogP contribution is -2.67. The van der Waals surface area contributed by atoms with Crippen LogP contribution in [0.15, 0.2) is 72.8 Å². The third kappa shape index (κ3) is 14.5. The number of hydrogen-bond acceptors (Lipinski definition) is 14. The van der Waals surface area contributed by atoms with Crippen molar-refractivity contribution in [1.82, 2.24) is 41.1 Å². The number of nitrogens with two attached hydrogens (primary N) is 2. The van der Waals surface area contributed by atoms with E-state index in [1.165, 1.54) is 48.5 Å². The molecule has 18 nitrogen and oxygen atoms in total. The molecule has 78 heavy (non-hydrogen) atoms. The fourth-order valence-corrected chi connectivity index (χ4v) is 14.3. The zero-order valence-corrected chi connectivity index (χ0v) is 49.1. The van der Waals surface area contributed by atoms with Crippen molar-refractivity contribution in [3.05, 3.63) is 95.1 Å². The van der Waals surface area contributed by atoms with Crippen LogP contribution in [0, 0.1) is 0 Å². The van der Waals surface area contributed by atoms with Crippen molar-refractivity contribution >= 4 is 35.8 Å². The zero-order chi connectivity index (χ0) is 57.9. The highest BCUT2D eigenvalue weighted by molar-refractivity contribution is 6.06. The summed E-state index contributed by atoms with van der Waals surface area (Å²) in [5.74, 6) is 9.86. The Balaban J connectivity index is 1.00. The molecule has 3 aromatic carbocycles. The summed E-state index contributed by atoms with van der Waals surface area (Å²) in [6.45, 7) is 34.5. The molecule has 0 unspecified atom stereocenters. The van der Waals surface area contributed by atoms with Crippen molar-refractivity contribution in [3.8, 4) is 11.5 Å². The summed E-state index contributed by atoms with van der Waals surface area (Å²) in [5.41, 5.74) is -1.34. The van der Waals surface area contributed by atoms with E-state index in [4.69, 9.17) is 21.2 Å². The molecule has 18 heteroatoms.